The van der Waals surface area contributed by atoms with Gasteiger partial charge in [0.05, 0.1) is 5.69 Å². The summed E-state index contributed by atoms with van der Waals surface area (Å²) in [6, 6.07) is 8.55. The van der Waals surface area contributed by atoms with Gasteiger partial charge in [-0.05, 0) is 80.1 Å². The number of hydrogen-bond acceptors (Lipinski definition) is 4. The minimum Gasteiger partial charge on any atom is -0.369 e. The van der Waals surface area contributed by atoms with Gasteiger partial charge in [-0.15, -0.1) is 0 Å². The number of amides is 4. The molecule has 6 nitrogen and oxygen atoms in total. The molecule has 2 heterocycles. The highest BCUT2D eigenvalue weighted by Gasteiger charge is 2.38. The summed E-state index contributed by atoms with van der Waals surface area (Å²) in [5, 5.41) is 2.15. The van der Waals surface area contributed by atoms with Crippen molar-refractivity contribution in [2.24, 2.45) is 0 Å². The second kappa shape index (κ2) is 7.58. The van der Waals surface area contributed by atoms with E-state index in [1.165, 1.54) is 24.3 Å². The molecule has 4 rings (SSSR count). The third-order valence-electron chi connectivity index (χ3n) is 6.52. The van der Waals surface area contributed by atoms with Crippen molar-refractivity contribution in [2.45, 2.75) is 45.6 Å². The Morgan fingerprint density at radius 3 is 2.50 bits per heavy atom. The van der Waals surface area contributed by atoms with Gasteiger partial charge in [0, 0.05) is 18.3 Å². The molecule has 0 aromatic heterocycles. The number of carbonyl (C=O) groups excluding carboxylic acids is 3. The Bertz CT molecular complexity index is 1180. The zero-order valence-corrected chi connectivity index (χ0v) is 18.8. The number of rotatable bonds is 2. The fraction of sp³-hybridized carbons (Fsp3) is 0.320. The molecule has 0 unspecified atom stereocenters. The van der Waals surface area contributed by atoms with Gasteiger partial charge in [0.2, 0.25) is 0 Å². The van der Waals surface area contributed by atoms with Crippen LogP contribution in [0.25, 0.3) is 6.08 Å². The summed E-state index contributed by atoms with van der Waals surface area (Å²) in [4.78, 5) is 40.9. The molecule has 7 heteroatoms. The Kier molecular flexibility index (Phi) is 5.15. The van der Waals surface area contributed by atoms with Gasteiger partial charge in [0.1, 0.15) is 11.4 Å². The third-order valence-corrected chi connectivity index (χ3v) is 6.52. The summed E-state index contributed by atoms with van der Waals surface area (Å²) >= 11 is 0. The lowest BCUT2D eigenvalue weighted by Gasteiger charge is -2.45. The molecule has 0 saturated carbocycles. The fourth-order valence-electron chi connectivity index (χ4n) is 4.55. The van der Waals surface area contributed by atoms with E-state index in [0.717, 1.165) is 29.3 Å². The van der Waals surface area contributed by atoms with Gasteiger partial charge in [-0.2, -0.15) is 0 Å². The third kappa shape index (κ3) is 3.47. The van der Waals surface area contributed by atoms with Crippen molar-refractivity contribution in [3.63, 3.8) is 0 Å². The van der Waals surface area contributed by atoms with E-state index in [9.17, 15) is 18.8 Å². The van der Waals surface area contributed by atoms with Crippen LogP contribution in [0.2, 0.25) is 0 Å². The van der Waals surface area contributed by atoms with Crippen LogP contribution in [0, 0.1) is 12.7 Å². The summed E-state index contributed by atoms with van der Waals surface area (Å²) in [7, 11) is 2.07. The molecule has 1 N–H and O–H groups in total. The highest BCUT2D eigenvalue weighted by Crippen LogP contribution is 2.43. The summed E-state index contributed by atoms with van der Waals surface area (Å²) < 4.78 is 14.3. The summed E-state index contributed by atoms with van der Waals surface area (Å²) in [6.07, 6.45) is 2.45. The van der Waals surface area contributed by atoms with Crippen molar-refractivity contribution in [2.75, 3.05) is 16.8 Å². The molecular formula is C25H26FN3O3. The van der Waals surface area contributed by atoms with Crippen molar-refractivity contribution in [1.82, 2.24) is 5.32 Å². The highest BCUT2D eigenvalue weighted by atomic mass is 19.1. The van der Waals surface area contributed by atoms with E-state index in [1.807, 2.05) is 13.0 Å². The number of benzene rings is 2. The maximum Gasteiger partial charge on any atom is 0.336 e. The number of carbonyl (C=O) groups is 3. The van der Waals surface area contributed by atoms with Crippen LogP contribution in [-0.2, 0) is 9.59 Å². The second-order valence-corrected chi connectivity index (χ2v) is 9.15. The van der Waals surface area contributed by atoms with E-state index in [-0.39, 0.29) is 16.8 Å². The molecule has 0 radical (unpaired) electrons. The second-order valence-electron chi connectivity index (χ2n) is 9.15. The lowest BCUT2D eigenvalue weighted by Crippen LogP contribution is -2.54. The SMILES string of the molecule is Cc1cc2c(cc1/C=C1\C(=O)NC(=O)N(c3ccccc3F)C1=O)[C@H](C)CC(C)(C)N2C. The molecule has 32 heavy (non-hydrogen) atoms. The van der Waals surface area contributed by atoms with Crippen LogP contribution >= 0.6 is 0 Å². The first-order chi connectivity index (χ1) is 15.0. The summed E-state index contributed by atoms with van der Waals surface area (Å²) in [5.74, 6) is -2.08. The normalized spacial score (nSPS) is 21.6. The van der Waals surface area contributed by atoms with Crippen molar-refractivity contribution < 1.29 is 18.8 Å². The highest BCUT2D eigenvalue weighted by molar-refractivity contribution is 6.39. The quantitative estimate of drug-likeness (QED) is 0.556. The number of hydrogen-bond donors (Lipinski definition) is 1. The molecule has 4 amide bonds. The Morgan fingerprint density at radius 2 is 1.81 bits per heavy atom. The Balaban J connectivity index is 1.79. The van der Waals surface area contributed by atoms with Crippen LogP contribution in [0.4, 0.5) is 20.6 Å². The van der Waals surface area contributed by atoms with E-state index in [0.29, 0.717) is 16.4 Å². The van der Waals surface area contributed by atoms with Crippen LogP contribution in [0.5, 0.6) is 0 Å². The number of nitrogens with one attached hydrogen (secondary N) is 1. The minimum absolute atomic E-state index is 0.0126. The molecule has 2 aromatic rings. The molecule has 1 fully saturated rings. The van der Waals surface area contributed by atoms with Crippen molar-refractivity contribution >= 4 is 35.3 Å². The average Bonchev–Trinajstić information content (AvgIpc) is 2.71. The first-order valence-corrected chi connectivity index (χ1v) is 10.6. The number of anilines is 2. The van der Waals surface area contributed by atoms with Gasteiger partial charge < -0.3 is 4.90 Å². The van der Waals surface area contributed by atoms with Crippen molar-refractivity contribution in [3.8, 4) is 0 Å². The predicted octanol–water partition coefficient (Wildman–Crippen LogP) is 4.52. The lowest BCUT2D eigenvalue weighted by atomic mass is 9.79. The molecule has 1 atom stereocenters. The number of nitrogens with zero attached hydrogens (tertiary/aromatic N) is 2. The van der Waals surface area contributed by atoms with Crippen LogP contribution in [-0.4, -0.2) is 30.4 Å². The Hall–Kier alpha value is -3.48. The first-order valence-electron chi connectivity index (χ1n) is 10.6. The van der Waals surface area contributed by atoms with E-state index in [1.54, 1.807) is 0 Å². The van der Waals surface area contributed by atoms with Crippen molar-refractivity contribution in [1.29, 1.82) is 0 Å². The topological polar surface area (TPSA) is 69.7 Å². The van der Waals surface area contributed by atoms with Gasteiger partial charge in [0.15, 0.2) is 0 Å². The average molecular weight is 435 g/mol. The number of urea groups is 1. The first kappa shape index (κ1) is 21.7. The maximum absolute atomic E-state index is 14.3. The standard InChI is InChI=1S/C25H26FN3O3/c1-14-10-21-17(15(2)13-25(3,4)28(21)5)11-16(14)12-18-22(30)27-24(32)29(23(18)31)20-9-7-6-8-19(20)26/h6-12,15H,13H2,1-5H3,(H,27,30,32)/b18-12+/t15-/m1/s1. The van der Waals surface area contributed by atoms with Crippen molar-refractivity contribution in [3.05, 3.63) is 64.5 Å². The number of para-hydroxylation sites is 1. The monoisotopic (exact) mass is 435 g/mol. The number of aryl methyl sites for hydroxylation is 1. The zero-order valence-electron chi connectivity index (χ0n) is 18.8. The van der Waals surface area contributed by atoms with Gasteiger partial charge >= 0.3 is 6.03 Å². The molecule has 0 bridgehead atoms. The minimum atomic E-state index is -0.970. The predicted molar refractivity (Wildman–Crippen MR) is 122 cm³/mol. The van der Waals surface area contributed by atoms with Crippen LogP contribution in [0.3, 0.4) is 0 Å². The zero-order chi connectivity index (χ0) is 23.4. The van der Waals surface area contributed by atoms with Crippen LogP contribution < -0.4 is 15.1 Å². The van der Waals surface area contributed by atoms with E-state index >= 15 is 0 Å². The van der Waals surface area contributed by atoms with Gasteiger partial charge in [-0.3, -0.25) is 14.9 Å². The Morgan fingerprint density at radius 1 is 1.12 bits per heavy atom. The molecule has 0 aliphatic carbocycles. The number of imide groups is 2. The number of barbiturate groups is 1. The van der Waals surface area contributed by atoms with Gasteiger partial charge in [-0.1, -0.05) is 19.1 Å². The van der Waals surface area contributed by atoms with E-state index < -0.39 is 23.7 Å². The fourth-order valence-corrected chi connectivity index (χ4v) is 4.55. The maximum atomic E-state index is 14.3. The molecule has 2 aromatic carbocycles. The largest absolute Gasteiger partial charge is 0.369 e. The number of halogens is 1. The van der Waals surface area contributed by atoms with E-state index in [4.69, 9.17) is 0 Å². The molecule has 2 aliphatic heterocycles. The van der Waals surface area contributed by atoms with Crippen LogP contribution in [0.15, 0.2) is 42.0 Å². The lowest BCUT2D eigenvalue weighted by molar-refractivity contribution is -0.122. The molecular weight excluding hydrogens is 409 g/mol. The number of fused-ring (bicyclic) bond motifs is 1. The molecule has 2 aliphatic rings. The van der Waals surface area contributed by atoms with E-state index in [2.05, 4.69) is 44.1 Å². The summed E-state index contributed by atoms with van der Waals surface area (Å²) in [5.41, 5.74) is 3.46. The van der Waals surface area contributed by atoms with Crippen LogP contribution in [0.1, 0.15) is 49.8 Å². The molecule has 0 spiro atoms. The van der Waals surface area contributed by atoms with Gasteiger partial charge in [-0.25, -0.2) is 14.1 Å². The Labute approximate surface area is 186 Å². The smallest absolute Gasteiger partial charge is 0.336 e. The van der Waals surface area contributed by atoms with Gasteiger partial charge in [0.25, 0.3) is 11.8 Å². The molecule has 166 valence electrons. The summed E-state index contributed by atoms with van der Waals surface area (Å²) in [6.45, 7) is 8.49. The molecule has 1 saturated heterocycles.